The number of benzene rings is 1. The van der Waals surface area contributed by atoms with Gasteiger partial charge in [0.25, 0.3) is 5.91 Å². The Morgan fingerprint density at radius 3 is 2.81 bits per heavy atom. The van der Waals surface area contributed by atoms with Crippen molar-refractivity contribution in [3.63, 3.8) is 0 Å². The first kappa shape index (κ1) is 16.4. The normalized spacial score (nSPS) is 17.2. The summed E-state index contributed by atoms with van der Waals surface area (Å²) in [5, 5.41) is 7.55. The van der Waals surface area contributed by atoms with Crippen LogP contribution in [0.5, 0.6) is 0 Å². The number of carbonyl (C=O) groups excluding carboxylic acids is 1. The third kappa shape index (κ3) is 3.49. The summed E-state index contributed by atoms with van der Waals surface area (Å²) in [7, 11) is 0. The van der Waals surface area contributed by atoms with Crippen molar-refractivity contribution >= 4 is 5.91 Å². The average molecular weight is 348 g/mol. The molecule has 0 spiro atoms. The number of rotatable bonds is 4. The van der Waals surface area contributed by atoms with Crippen molar-refractivity contribution < 1.29 is 9.21 Å². The summed E-state index contributed by atoms with van der Waals surface area (Å²) < 4.78 is 6.01. The predicted molar refractivity (Wildman–Crippen MR) is 95.4 cm³/mol. The molecule has 0 unspecified atom stereocenters. The lowest BCUT2D eigenvalue weighted by Gasteiger charge is -2.33. The van der Waals surface area contributed by atoms with Gasteiger partial charge >= 0.3 is 0 Å². The maximum Gasteiger partial charge on any atom is 0.256 e. The number of hydrogen-bond acceptors (Lipinski definition) is 5. The van der Waals surface area contributed by atoms with Gasteiger partial charge in [-0.3, -0.25) is 4.79 Å². The fourth-order valence-corrected chi connectivity index (χ4v) is 3.37. The summed E-state index contributed by atoms with van der Waals surface area (Å²) >= 11 is 0. The number of aromatic nitrogens is 3. The van der Waals surface area contributed by atoms with E-state index in [9.17, 15) is 4.79 Å². The lowest BCUT2D eigenvalue weighted by molar-refractivity contribution is 0.0569. The monoisotopic (exact) mass is 348 g/mol. The summed E-state index contributed by atoms with van der Waals surface area (Å²) in [6, 6.07) is 11.7. The number of likely N-dealkylation sites (tertiary alicyclic amines) is 1. The van der Waals surface area contributed by atoms with Crippen LogP contribution in [-0.4, -0.2) is 32.5 Å². The lowest BCUT2D eigenvalue weighted by Crippen LogP contribution is -2.38. The first-order chi connectivity index (χ1) is 12.8. The van der Waals surface area contributed by atoms with Crippen LogP contribution in [-0.2, 0) is 6.42 Å². The molecule has 132 valence electrons. The molecule has 0 saturated carbocycles. The summed E-state index contributed by atoms with van der Waals surface area (Å²) in [5.41, 5.74) is 1.72. The van der Waals surface area contributed by atoms with Gasteiger partial charge in [-0.1, -0.05) is 30.3 Å². The molecular weight excluding hydrogens is 328 g/mol. The summed E-state index contributed by atoms with van der Waals surface area (Å²) in [4.78, 5) is 19.2. The molecule has 1 saturated heterocycles. The molecule has 3 heterocycles. The highest BCUT2D eigenvalue weighted by Gasteiger charge is 2.32. The highest BCUT2D eigenvalue weighted by Crippen LogP contribution is 2.32. The molecule has 0 aliphatic carbocycles. The van der Waals surface area contributed by atoms with E-state index < -0.39 is 0 Å². The van der Waals surface area contributed by atoms with Gasteiger partial charge in [0.1, 0.15) is 11.8 Å². The van der Waals surface area contributed by atoms with E-state index in [1.165, 1.54) is 18.0 Å². The van der Waals surface area contributed by atoms with Gasteiger partial charge in [0, 0.05) is 13.0 Å². The van der Waals surface area contributed by atoms with Crippen LogP contribution in [0.3, 0.4) is 0 Å². The Kier molecular flexibility index (Phi) is 4.73. The molecule has 1 aliphatic rings. The minimum Gasteiger partial charge on any atom is -0.443 e. The molecule has 0 N–H and O–H groups in total. The van der Waals surface area contributed by atoms with E-state index in [4.69, 9.17) is 4.42 Å². The number of nitrogens with zero attached hydrogens (tertiary/aromatic N) is 4. The highest BCUT2D eigenvalue weighted by molar-refractivity contribution is 5.94. The molecule has 0 bridgehead atoms. The number of amides is 1. The molecular formula is C20H20N4O2. The van der Waals surface area contributed by atoms with Crippen LogP contribution in [0.2, 0.25) is 0 Å². The zero-order valence-corrected chi connectivity index (χ0v) is 14.4. The minimum atomic E-state index is -0.131. The fourth-order valence-electron chi connectivity index (χ4n) is 3.37. The van der Waals surface area contributed by atoms with Crippen LogP contribution in [0.25, 0.3) is 0 Å². The van der Waals surface area contributed by atoms with E-state index in [0.717, 1.165) is 25.0 Å². The van der Waals surface area contributed by atoms with E-state index in [1.807, 2.05) is 23.1 Å². The molecule has 1 fully saturated rings. The van der Waals surface area contributed by atoms with Gasteiger partial charge in [-0.05, 0) is 30.9 Å². The standard InChI is InChI=1S/C20H20N4O2/c25-20(16-9-10-22-23-13-16)24-11-5-4-8-18(24)19-21-14-17(26-19)12-15-6-2-1-3-7-15/h1-3,6-7,9-10,13-14,18H,4-5,8,11-12H2/t18-/m1/s1. The molecule has 1 aromatic carbocycles. The van der Waals surface area contributed by atoms with Crippen molar-refractivity contribution in [3.8, 4) is 0 Å². The number of oxazole rings is 1. The topological polar surface area (TPSA) is 72.1 Å². The second-order valence-electron chi connectivity index (χ2n) is 6.47. The highest BCUT2D eigenvalue weighted by atomic mass is 16.4. The van der Waals surface area contributed by atoms with Gasteiger partial charge in [0.05, 0.1) is 24.2 Å². The molecule has 0 radical (unpaired) electrons. The Bertz CT molecular complexity index is 864. The van der Waals surface area contributed by atoms with Gasteiger partial charge in [0.2, 0.25) is 5.89 Å². The molecule has 1 amide bonds. The lowest BCUT2D eigenvalue weighted by atomic mass is 10.0. The van der Waals surface area contributed by atoms with Crippen molar-refractivity contribution in [1.82, 2.24) is 20.1 Å². The summed E-state index contributed by atoms with van der Waals surface area (Å²) in [5.74, 6) is 1.38. The maximum atomic E-state index is 12.9. The molecule has 3 aromatic rings. The predicted octanol–water partition coefficient (Wildman–Crippen LogP) is 3.42. The largest absolute Gasteiger partial charge is 0.443 e. The van der Waals surface area contributed by atoms with Gasteiger partial charge in [-0.2, -0.15) is 10.2 Å². The molecule has 26 heavy (non-hydrogen) atoms. The minimum absolute atomic E-state index is 0.0487. The Hall–Kier alpha value is -3.02. The molecule has 6 heteroatoms. The van der Waals surface area contributed by atoms with Crippen molar-refractivity contribution in [1.29, 1.82) is 0 Å². The van der Waals surface area contributed by atoms with Crippen molar-refractivity contribution in [2.75, 3.05) is 6.54 Å². The van der Waals surface area contributed by atoms with Crippen LogP contribution >= 0.6 is 0 Å². The molecule has 6 nitrogen and oxygen atoms in total. The van der Waals surface area contributed by atoms with Gasteiger partial charge < -0.3 is 9.32 Å². The van der Waals surface area contributed by atoms with E-state index in [1.54, 1.807) is 12.3 Å². The molecule has 1 aliphatic heterocycles. The summed E-state index contributed by atoms with van der Waals surface area (Å²) in [6.07, 6.45) is 8.41. The maximum absolute atomic E-state index is 12.9. The Balaban J connectivity index is 1.54. The van der Waals surface area contributed by atoms with Crippen LogP contribution in [0, 0.1) is 0 Å². The second kappa shape index (κ2) is 7.47. The SMILES string of the molecule is O=C(c1ccnnc1)N1CCCC[C@@H]1c1ncc(Cc2ccccc2)o1. The molecule has 2 aromatic heterocycles. The van der Waals surface area contributed by atoms with Gasteiger partial charge in [0.15, 0.2) is 0 Å². The summed E-state index contributed by atoms with van der Waals surface area (Å²) in [6.45, 7) is 0.697. The van der Waals surface area contributed by atoms with E-state index >= 15 is 0 Å². The Morgan fingerprint density at radius 1 is 1.12 bits per heavy atom. The molecule has 4 rings (SSSR count). The van der Waals surface area contributed by atoms with Gasteiger partial charge in [-0.25, -0.2) is 4.98 Å². The first-order valence-corrected chi connectivity index (χ1v) is 8.87. The third-order valence-electron chi connectivity index (χ3n) is 4.67. The van der Waals surface area contributed by atoms with Crippen LogP contribution < -0.4 is 0 Å². The quantitative estimate of drug-likeness (QED) is 0.722. The first-order valence-electron chi connectivity index (χ1n) is 8.87. The van der Waals surface area contributed by atoms with E-state index in [-0.39, 0.29) is 11.9 Å². The fraction of sp³-hybridized carbons (Fsp3) is 0.300. The number of carbonyl (C=O) groups is 1. The van der Waals surface area contributed by atoms with E-state index in [2.05, 4.69) is 27.3 Å². The zero-order chi connectivity index (χ0) is 17.8. The van der Waals surface area contributed by atoms with Crippen molar-refractivity contribution in [2.24, 2.45) is 0 Å². The second-order valence-corrected chi connectivity index (χ2v) is 6.47. The zero-order valence-electron chi connectivity index (χ0n) is 14.4. The number of hydrogen-bond donors (Lipinski definition) is 0. The Morgan fingerprint density at radius 2 is 2.00 bits per heavy atom. The Labute approximate surface area is 151 Å². The van der Waals surface area contributed by atoms with E-state index in [0.29, 0.717) is 24.4 Å². The van der Waals surface area contributed by atoms with Crippen LogP contribution in [0.4, 0.5) is 0 Å². The van der Waals surface area contributed by atoms with Crippen molar-refractivity contribution in [2.45, 2.75) is 31.7 Å². The smallest absolute Gasteiger partial charge is 0.256 e. The van der Waals surface area contributed by atoms with Crippen LogP contribution in [0.1, 0.15) is 52.9 Å². The van der Waals surface area contributed by atoms with Crippen molar-refractivity contribution in [3.05, 3.63) is 77.8 Å². The number of piperidine rings is 1. The van der Waals surface area contributed by atoms with Gasteiger partial charge in [-0.15, -0.1) is 0 Å². The third-order valence-corrected chi connectivity index (χ3v) is 4.67. The van der Waals surface area contributed by atoms with Crippen LogP contribution in [0.15, 0.2) is 59.4 Å². The molecule has 1 atom stereocenters. The average Bonchev–Trinajstić information content (AvgIpc) is 3.17.